The minimum absolute atomic E-state index is 0.597. The standard InChI is InChI=1S/C14H24N4/c1-10-13(15)16-11(2)17-14(10)18(3)12-8-6-4-5-7-9-12/h12H,4-9H2,1-3H3,(H2,15,16,17). The second kappa shape index (κ2) is 5.55. The van der Waals surface area contributed by atoms with Crippen LogP contribution >= 0.6 is 0 Å². The van der Waals surface area contributed by atoms with Crippen LogP contribution in [0.4, 0.5) is 11.6 Å². The van der Waals surface area contributed by atoms with E-state index in [1.54, 1.807) is 0 Å². The predicted molar refractivity (Wildman–Crippen MR) is 75.8 cm³/mol. The van der Waals surface area contributed by atoms with Gasteiger partial charge >= 0.3 is 0 Å². The summed E-state index contributed by atoms with van der Waals surface area (Å²) in [5.41, 5.74) is 6.95. The van der Waals surface area contributed by atoms with Gasteiger partial charge in [-0.05, 0) is 26.7 Å². The third-order valence-corrected chi connectivity index (χ3v) is 3.98. The van der Waals surface area contributed by atoms with Crippen molar-refractivity contribution in [2.75, 3.05) is 17.7 Å². The zero-order valence-electron chi connectivity index (χ0n) is 11.7. The molecule has 1 aromatic rings. The minimum Gasteiger partial charge on any atom is -0.383 e. The first kappa shape index (κ1) is 13.1. The van der Waals surface area contributed by atoms with Crippen LogP contribution in [0.25, 0.3) is 0 Å². The lowest BCUT2D eigenvalue weighted by Crippen LogP contribution is -2.32. The quantitative estimate of drug-likeness (QED) is 0.818. The van der Waals surface area contributed by atoms with Crippen LogP contribution in [0.15, 0.2) is 0 Å². The van der Waals surface area contributed by atoms with Crippen LogP contribution in [0.1, 0.15) is 49.9 Å². The van der Waals surface area contributed by atoms with E-state index >= 15 is 0 Å². The van der Waals surface area contributed by atoms with Crippen molar-refractivity contribution in [3.05, 3.63) is 11.4 Å². The fraction of sp³-hybridized carbons (Fsp3) is 0.714. The smallest absolute Gasteiger partial charge is 0.137 e. The number of rotatable bonds is 2. The number of anilines is 2. The monoisotopic (exact) mass is 248 g/mol. The molecule has 0 amide bonds. The average molecular weight is 248 g/mol. The highest BCUT2D eigenvalue weighted by Crippen LogP contribution is 2.27. The second-order valence-corrected chi connectivity index (χ2v) is 5.36. The van der Waals surface area contributed by atoms with E-state index < -0.39 is 0 Å². The van der Waals surface area contributed by atoms with Gasteiger partial charge in [-0.2, -0.15) is 0 Å². The van der Waals surface area contributed by atoms with Crippen molar-refractivity contribution < 1.29 is 0 Å². The van der Waals surface area contributed by atoms with E-state index in [-0.39, 0.29) is 0 Å². The number of aromatic nitrogens is 2. The van der Waals surface area contributed by atoms with Gasteiger partial charge in [-0.3, -0.25) is 0 Å². The number of nitrogens with zero attached hydrogens (tertiary/aromatic N) is 3. The van der Waals surface area contributed by atoms with Crippen LogP contribution in [-0.2, 0) is 0 Å². The van der Waals surface area contributed by atoms with Crippen molar-refractivity contribution in [2.24, 2.45) is 0 Å². The van der Waals surface area contributed by atoms with Crippen molar-refractivity contribution in [1.82, 2.24) is 9.97 Å². The predicted octanol–water partition coefficient (Wildman–Crippen LogP) is 2.83. The molecule has 1 aromatic heterocycles. The molecule has 4 nitrogen and oxygen atoms in total. The summed E-state index contributed by atoms with van der Waals surface area (Å²) in [5, 5.41) is 0. The normalized spacial score (nSPS) is 17.5. The first-order chi connectivity index (χ1) is 8.59. The molecule has 2 rings (SSSR count). The summed E-state index contributed by atoms with van der Waals surface area (Å²) in [7, 11) is 2.14. The van der Waals surface area contributed by atoms with E-state index in [1.165, 1.54) is 38.5 Å². The third-order valence-electron chi connectivity index (χ3n) is 3.98. The molecule has 0 aromatic carbocycles. The van der Waals surface area contributed by atoms with Gasteiger partial charge in [-0.15, -0.1) is 0 Å². The zero-order valence-corrected chi connectivity index (χ0v) is 11.7. The van der Waals surface area contributed by atoms with Gasteiger partial charge in [-0.1, -0.05) is 25.7 Å². The molecule has 100 valence electrons. The molecular weight excluding hydrogens is 224 g/mol. The summed E-state index contributed by atoms with van der Waals surface area (Å²) in [4.78, 5) is 11.1. The molecule has 18 heavy (non-hydrogen) atoms. The second-order valence-electron chi connectivity index (χ2n) is 5.36. The number of nitrogen functional groups attached to an aromatic ring is 1. The summed E-state index contributed by atoms with van der Waals surface area (Å²) in [6, 6.07) is 0.597. The summed E-state index contributed by atoms with van der Waals surface area (Å²) in [6.07, 6.45) is 7.92. The first-order valence-electron chi connectivity index (χ1n) is 6.93. The molecule has 1 heterocycles. The van der Waals surface area contributed by atoms with Crippen LogP contribution in [0, 0.1) is 13.8 Å². The Labute approximate surface area is 110 Å². The van der Waals surface area contributed by atoms with Crippen molar-refractivity contribution in [1.29, 1.82) is 0 Å². The topological polar surface area (TPSA) is 55.0 Å². The Bertz CT molecular complexity index is 409. The summed E-state index contributed by atoms with van der Waals surface area (Å²) in [5.74, 6) is 2.37. The Morgan fingerprint density at radius 2 is 1.67 bits per heavy atom. The van der Waals surface area contributed by atoms with Gasteiger partial charge in [-0.25, -0.2) is 9.97 Å². The van der Waals surface area contributed by atoms with E-state index in [1.807, 2.05) is 13.8 Å². The molecule has 0 saturated heterocycles. The van der Waals surface area contributed by atoms with E-state index in [9.17, 15) is 0 Å². The molecule has 2 N–H and O–H groups in total. The molecule has 1 fully saturated rings. The maximum Gasteiger partial charge on any atom is 0.137 e. The Hall–Kier alpha value is -1.32. The first-order valence-corrected chi connectivity index (χ1v) is 6.93. The summed E-state index contributed by atoms with van der Waals surface area (Å²) in [6.45, 7) is 3.91. The Kier molecular flexibility index (Phi) is 4.04. The van der Waals surface area contributed by atoms with Gasteiger partial charge in [0.15, 0.2) is 0 Å². The molecule has 1 aliphatic carbocycles. The molecule has 4 heteroatoms. The molecule has 0 radical (unpaired) electrons. The van der Waals surface area contributed by atoms with Crippen LogP contribution in [0.2, 0.25) is 0 Å². The Morgan fingerprint density at radius 3 is 2.28 bits per heavy atom. The Balaban J connectivity index is 2.24. The molecular formula is C14H24N4. The van der Waals surface area contributed by atoms with E-state index in [0.29, 0.717) is 11.9 Å². The highest BCUT2D eigenvalue weighted by molar-refractivity contribution is 5.56. The lowest BCUT2D eigenvalue weighted by Gasteiger charge is -2.29. The van der Waals surface area contributed by atoms with Gasteiger partial charge in [0.2, 0.25) is 0 Å². The van der Waals surface area contributed by atoms with Gasteiger partial charge in [0.05, 0.1) is 0 Å². The van der Waals surface area contributed by atoms with Gasteiger partial charge in [0.25, 0.3) is 0 Å². The van der Waals surface area contributed by atoms with Crippen LogP contribution in [-0.4, -0.2) is 23.1 Å². The van der Waals surface area contributed by atoms with E-state index in [4.69, 9.17) is 5.73 Å². The highest BCUT2D eigenvalue weighted by atomic mass is 15.2. The van der Waals surface area contributed by atoms with Crippen LogP contribution < -0.4 is 10.6 Å². The lowest BCUT2D eigenvalue weighted by molar-refractivity contribution is 0.547. The average Bonchev–Trinajstić information content (AvgIpc) is 2.61. The molecule has 0 bridgehead atoms. The van der Waals surface area contributed by atoms with E-state index in [2.05, 4.69) is 21.9 Å². The van der Waals surface area contributed by atoms with Crippen molar-refractivity contribution in [3.8, 4) is 0 Å². The van der Waals surface area contributed by atoms with Gasteiger partial charge in [0.1, 0.15) is 17.5 Å². The number of nitrogens with two attached hydrogens (primary N) is 1. The molecule has 1 saturated carbocycles. The SMILES string of the molecule is Cc1nc(N)c(C)c(N(C)C2CCCCCC2)n1. The molecule has 1 aliphatic rings. The number of hydrogen-bond donors (Lipinski definition) is 1. The fourth-order valence-corrected chi connectivity index (χ4v) is 2.80. The Morgan fingerprint density at radius 1 is 1.06 bits per heavy atom. The lowest BCUT2D eigenvalue weighted by atomic mass is 10.1. The van der Waals surface area contributed by atoms with Crippen molar-refractivity contribution >= 4 is 11.6 Å². The maximum absolute atomic E-state index is 5.94. The number of aryl methyl sites for hydroxylation is 1. The number of hydrogen-bond acceptors (Lipinski definition) is 4. The van der Waals surface area contributed by atoms with Crippen LogP contribution in [0.3, 0.4) is 0 Å². The van der Waals surface area contributed by atoms with Gasteiger partial charge < -0.3 is 10.6 Å². The largest absolute Gasteiger partial charge is 0.383 e. The van der Waals surface area contributed by atoms with E-state index in [0.717, 1.165) is 17.2 Å². The molecule has 0 unspecified atom stereocenters. The third kappa shape index (κ3) is 2.74. The van der Waals surface area contributed by atoms with Crippen LogP contribution in [0.5, 0.6) is 0 Å². The van der Waals surface area contributed by atoms with Crippen molar-refractivity contribution in [3.63, 3.8) is 0 Å². The molecule has 0 aliphatic heterocycles. The molecule has 0 atom stereocenters. The minimum atomic E-state index is 0.597. The van der Waals surface area contributed by atoms with Crippen molar-refractivity contribution in [2.45, 2.75) is 58.4 Å². The zero-order chi connectivity index (χ0) is 13.1. The highest BCUT2D eigenvalue weighted by Gasteiger charge is 2.20. The maximum atomic E-state index is 5.94. The molecule has 0 spiro atoms. The summed E-state index contributed by atoms with van der Waals surface area (Å²) >= 11 is 0. The fourth-order valence-electron chi connectivity index (χ4n) is 2.80. The van der Waals surface area contributed by atoms with Gasteiger partial charge in [0, 0.05) is 18.7 Å². The summed E-state index contributed by atoms with van der Waals surface area (Å²) < 4.78 is 0.